The van der Waals surface area contributed by atoms with E-state index in [-0.39, 0.29) is 0 Å². The van der Waals surface area contributed by atoms with Gasteiger partial charge < -0.3 is 10.1 Å². The average Bonchev–Trinajstić information content (AvgIpc) is 3.18. The van der Waals surface area contributed by atoms with Crippen LogP contribution < -0.4 is 5.32 Å². The van der Waals surface area contributed by atoms with Gasteiger partial charge in [0.25, 0.3) is 5.91 Å². The summed E-state index contributed by atoms with van der Waals surface area (Å²) < 4.78 is 7.58. The number of hydrogen-bond donors (Lipinski definition) is 1. The zero-order chi connectivity index (χ0) is 18.5. The van der Waals surface area contributed by atoms with Crippen LogP contribution in [0.25, 0.3) is 5.69 Å². The lowest BCUT2D eigenvalue weighted by atomic mass is 10.2. The van der Waals surface area contributed by atoms with E-state index in [9.17, 15) is 9.59 Å². The minimum Gasteiger partial charge on any atom is -0.449 e. The predicted octanol–water partition coefficient (Wildman–Crippen LogP) is 2.61. The molecule has 0 bridgehead atoms. The molecule has 1 N–H and O–H groups in total. The molecular formula is C17H14BrN5O3. The van der Waals surface area contributed by atoms with Crippen LogP contribution in [0.15, 0.2) is 59.3 Å². The van der Waals surface area contributed by atoms with E-state index in [2.05, 4.69) is 36.8 Å². The Kier molecular flexibility index (Phi) is 5.37. The van der Waals surface area contributed by atoms with Gasteiger partial charge in [-0.15, -0.1) is 5.10 Å². The van der Waals surface area contributed by atoms with Gasteiger partial charge in [0.15, 0.2) is 6.10 Å². The third-order valence-electron chi connectivity index (χ3n) is 3.48. The number of esters is 1. The van der Waals surface area contributed by atoms with Crippen LogP contribution in [0.3, 0.4) is 0 Å². The van der Waals surface area contributed by atoms with E-state index in [0.29, 0.717) is 16.9 Å². The maximum absolute atomic E-state index is 12.2. The molecule has 0 aliphatic rings. The molecule has 1 atom stereocenters. The molecule has 1 unspecified atom stereocenters. The highest BCUT2D eigenvalue weighted by Gasteiger charge is 2.19. The molecule has 0 saturated carbocycles. The molecule has 132 valence electrons. The lowest BCUT2D eigenvalue weighted by Gasteiger charge is -2.13. The lowest BCUT2D eigenvalue weighted by molar-refractivity contribution is -0.123. The maximum Gasteiger partial charge on any atom is 0.338 e. The second-order valence-corrected chi connectivity index (χ2v) is 6.26. The van der Waals surface area contributed by atoms with Crippen LogP contribution in [0.4, 0.5) is 5.69 Å². The molecule has 0 aliphatic carbocycles. The van der Waals surface area contributed by atoms with Crippen molar-refractivity contribution in [1.82, 2.24) is 20.2 Å². The lowest BCUT2D eigenvalue weighted by Crippen LogP contribution is -2.30. The summed E-state index contributed by atoms with van der Waals surface area (Å²) in [5, 5.41) is 13.5. The SMILES string of the molecule is CC(OC(=O)c1ccc(-n2cnnn2)cc1)C(=O)Nc1ccc(Br)cc1. The van der Waals surface area contributed by atoms with Crippen molar-refractivity contribution >= 4 is 33.5 Å². The summed E-state index contributed by atoms with van der Waals surface area (Å²) in [6.45, 7) is 1.52. The summed E-state index contributed by atoms with van der Waals surface area (Å²) in [7, 11) is 0. The monoisotopic (exact) mass is 415 g/mol. The molecule has 26 heavy (non-hydrogen) atoms. The third kappa shape index (κ3) is 4.31. The molecule has 0 radical (unpaired) electrons. The van der Waals surface area contributed by atoms with E-state index < -0.39 is 18.0 Å². The summed E-state index contributed by atoms with van der Waals surface area (Å²) in [5.74, 6) is -1.00. The van der Waals surface area contributed by atoms with E-state index >= 15 is 0 Å². The van der Waals surface area contributed by atoms with Gasteiger partial charge in [0.05, 0.1) is 11.3 Å². The highest BCUT2D eigenvalue weighted by Crippen LogP contribution is 2.15. The minimum atomic E-state index is -0.940. The number of aromatic nitrogens is 4. The van der Waals surface area contributed by atoms with E-state index in [1.165, 1.54) is 17.9 Å². The number of anilines is 1. The van der Waals surface area contributed by atoms with Gasteiger partial charge in [0, 0.05) is 10.2 Å². The van der Waals surface area contributed by atoms with E-state index in [4.69, 9.17) is 4.74 Å². The smallest absolute Gasteiger partial charge is 0.338 e. The number of nitrogens with one attached hydrogen (secondary N) is 1. The van der Waals surface area contributed by atoms with Gasteiger partial charge >= 0.3 is 5.97 Å². The number of nitrogens with zero attached hydrogens (tertiary/aromatic N) is 4. The number of tetrazole rings is 1. The molecular weight excluding hydrogens is 402 g/mol. The number of benzene rings is 2. The number of ether oxygens (including phenoxy) is 1. The minimum absolute atomic E-state index is 0.324. The summed E-state index contributed by atoms with van der Waals surface area (Å²) >= 11 is 3.32. The fraction of sp³-hybridized carbons (Fsp3) is 0.118. The number of amides is 1. The fourth-order valence-corrected chi connectivity index (χ4v) is 2.35. The van der Waals surface area contributed by atoms with Crippen molar-refractivity contribution in [3.63, 3.8) is 0 Å². The normalized spacial score (nSPS) is 11.6. The van der Waals surface area contributed by atoms with Crippen molar-refractivity contribution in [3.05, 3.63) is 64.9 Å². The van der Waals surface area contributed by atoms with Crippen LogP contribution in [0, 0.1) is 0 Å². The molecule has 8 nitrogen and oxygen atoms in total. The Balaban J connectivity index is 1.59. The first-order valence-corrected chi connectivity index (χ1v) is 8.43. The second kappa shape index (κ2) is 7.87. The highest BCUT2D eigenvalue weighted by atomic mass is 79.9. The number of halogens is 1. The third-order valence-corrected chi connectivity index (χ3v) is 4.01. The molecule has 0 aliphatic heterocycles. The first-order chi connectivity index (χ1) is 12.5. The molecule has 2 aromatic carbocycles. The van der Waals surface area contributed by atoms with E-state index in [0.717, 1.165) is 4.47 Å². The average molecular weight is 416 g/mol. The first-order valence-electron chi connectivity index (χ1n) is 7.64. The van der Waals surface area contributed by atoms with Crippen molar-refractivity contribution in [2.75, 3.05) is 5.32 Å². The topological polar surface area (TPSA) is 99.0 Å². The summed E-state index contributed by atoms with van der Waals surface area (Å²) in [4.78, 5) is 24.3. The number of rotatable bonds is 5. The van der Waals surface area contributed by atoms with Crippen molar-refractivity contribution in [3.8, 4) is 5.69 Å². The quantitative estimate of drug-likeness (QED) is 0.642. The molecule has 3 aromatic rings. The molecule has 3 rings (SSSR count). The van der Waals surface area contributed by atoms with Crippen LogP contribution in [0.2, 0.25) is 0 Å². The molecule has 0 saturated heterocycles. The highest BCUT2D eigenvalue weighted by molar-refractivity contribution is 9.10. The largest absolute Gasteiger partial charge is 0.449 e. The molecule has 1 amide bonds. The van der Waals surface area contributed by atoms with Gasteiger partial charge in [-0.05, 0) is 65.9 Å². The van der Waals surface area contributed by atoms with Crippen LogP contribution in [-0.4, -0.2) is 38.2 Å². The first kappa shape index (κ1) is 17.7. The molecule has 0 spiro atoms. The number of carbonyl (C=O) groups is 2. The Morgan fingerprint density at radius 2 is 1.81 bits per heavy atom. The van der Waals surface area contributed by atoms with Crippen LogP contribution >= 0.6 is 15.9 Å². The molecule has 0 fully saturated rings. The number of hydrogen-bond acceptors (Lipinski definition) is 6. The van der Waals surface area contributed by atoms with Crippen LogP contribution in [0.5, 0.6) is 0 Å². The van der Waals surface area contributed by atoms with Crippen LogP contribution in [0.1, 0.15) is 17.3 Å². The Bertz CT molecular complexity index is 895. The van der Waals surface area contributed by atoms with Crippen molar-refractivity contribution in [1.29, 1.82) is 0 Å². The van der Waals surface area contributed by atoms with E-state index in [1.54, 1.807) is 48.5 Å². The Hall–Kier alpha value is -3.07. The second-order valence-electron chi connectivity index (χ2n) is 5.34. The predicted molar refractivity (Wildman–Crippen MR) is 96.8 cm³/mol. The van der Waals surface area contributed by atoms with Gasteiger partial charge in [0.1, 0.15) is 6.33 Å². The Morgan fingerprint density at radius 3 is 2.42 bits per heavy atom. The van der Waals surface area contributed by atoms with E-state index in [1.807, 2.05) is 0 Å². The van der Waals surface area contributed by atoms with Crippen molar-refractivity contribution in [2.24, 2.45) is 0 Å². The molecule has 1 aromatic heterocycles. The fourth-order valence-electron chi connectivity index (χ4n) is 2.09. The summed E-state index contributed by atoms with van der Waals surface area (Å²) in [6, 6.07) is 13.6. The zero-order valence-electron chi connectivity index (χ0n) is 13.7. The molecule has 1 heterocycles. The number of carbonyl (C=O) groups excluding carboxylic acids is 2. The van der Waals surface area contributed by atoms with Gasteiger partial charge in [0.2, 0.25) is 0 Å². The van der Waals surface area contributed by atoms with Crippen molar-refractivity contribution < 1.29 is 14.3 Å². The maximum atomic E-state index is 12.2. The van der Waals surface area contributed by atoms with Gasteiger partial charge in [-0.25, -0.2) is 9.48 Å². The summed E-state index contributed by atoms with van der Waals surface area (Å²) in [5.41, 5.74) is 1.64. The van der Waals surface area contributed by atoms with Gasteiger partial charge in [-0.2, -0.15) is 0 Å². The van der Waals surface area contributed by atoms with Gasteiger partial charge in [-0.1, -0.05) is 15.9 Å². The van der Waals surface area contributed by atoms with Crippen molar-refractivity contribution in [2.45, 2.75) is 13.0 Å². The Morgan fingerprint density at radius 1 is 1.12 bits per heavy atom. The van der Waals surface area contributed by atoms with Crippen LogP contribution in [-0.2, 0) is 9.53 Å². The standard InChI is InChI=1S/C17H14BrN5O3/c1-11(16(24)20-14-6-4-13(18)5-7-14)26-17(25)12-2-8-15(9-3-12)23-10-19-21-22-23/h2-11H,1H3,(H,20,24). The Labute approximate surface area is 157 Å². The summed E-state index contributed by atoms with van der Waals surface area (Å²) in [6.07, 6.45) is 0.507. The molecule has 9 heteroatoms. The van der Waals surface area contributed by atoms with Gasteiger partial charge in [-0.3, -0.25) is 4.79 Å². The zero-order valence-corrected chi connectivity index (χ0v) is 15.3.